The zero-order chi connectivity index (χ0) is 17.4. The Morgan fingerprint density at radius 1 is 1.29 bits per heavy atom. The van der Waals surface area contributed by atoms with E-state index in [9.17, 15) is 4.79 Å². The molecule has 0 saturated heterocycles. The Hall–Kier alpha value is -2.31. The number of benzene rings is 1. The molecule has 6 heteroatoms. The Morgan fingerprint density at radius 2 is 2.00 bits per heavy atom. The van der Waals surface area contributed by atoms with E-state index in [1.54, 1.807) is 11.1 Å². The fraction of sp³-hybridized carbons (Fsp3) is 0.278. The van der Waals surface area contributed by atoms with Crippen molar-refractivity contribution in [3.63, 3.8) is 0 Å². The Morgan fingerprint density at radius 3 is 2.71 bits per heavy atom. The standard InChI is InChI=1S/C18H20N4OS/c1-11-8-14-15(9-12(11)2)22(16(23)10-21(3)4)17-13(18(24)20-14)6-5-7-19-17/h5-9H,10H2,1-4H3,(H,20,24). The first-order valence-corrected chi connectivity index (χ1v) is 8.14. The molecule has 5 nitrogen and oxygen atoms in total. The summed E-state index contributed by atoms with van der Waals surface area (Å²) in [5.74, 6) is 0.528. The Balaban J connectivity index is 2.25. The molecule has 0 spiro atoms. The molecular weight excluding hydrogens is 320 g/mol. The highest BCUT2D eigenvalue weighted by molar-refractivity contribution is 7.81. The summed E-state index contributed by atoms with van der Waals surface area (Å²) < 4.78 is 0. The summed E-state index contributed by atoms with van der Waals surface area (Å²) in [4.78, 5) is 21.5. The van der Waals surface area contributed by atoms with Gasteiger partial charge in [0.25, 0.3) is 0 Å². The first kappa shape index (κ1) is 16.5. The lowest BCUT2D eigenvalue weighted by Gasteiger charge is -2.25. The number of aromatic nitrogens is 1. The number of aryl methyl sites for hydroxylation is 2. The van der Waals surface area contributed by atoms with E-state index in [-0.39, 0.29) is 12.5 Å². The Labute approximate surface area is 147 Å². The summed E-state index contributed by atoms with van der Waals surface area (Å²) in [7, 11) is 3.75. The SMILES string of the molecule is Cc1cc2c(cc1C)N(C(=O)CN(C)C)c1ncccc1C(=S)N2. The van der Waals surface area contributed by atoms with E-state index in [1.165, 1.54) is 0 Å². The number of amides is 1. The summed E-state index contributed by atoms with van der Waals surface area (Å²) in [6, 6.07) is 7.75. The molecule has 0 aliphatic carbocycles. The van der Waals surface area contributed by atoms with Crippen LogP contribution in [-0.4, -0.2) is 41.4 Å². The molecule has 0 saturated carbocycles. The van der Waals surface area contributed by atoms with Gasteiger partial charge in [-0.2, -0.15) is 0 Å². The largest absolute Gasteiger partial charge is 0.344 e. The minimum atomic E-state index is -0.0454. The molecule has 1 aromatic carbocycles. The number of nitrogens with zero attached hydrogens (tertiary/aromatic N) is 3. The normalized spacial score (nSPS) is 13.2. The van der Waals surface area contributed by atoms with E-state index in [0.29, 0.717) is 10.8 Å². The van der Waals surface area contributed by atoms with Crippen molar-refractivity contribution >= 4 is 40.3 Å². The summed E-state index contributed by atoms with van der Waals surface area (Å²) in [6.45, 7) is 4.37. The number of pyridine rings is 1. The summed E-state index contributed by atoms with van der Waals surface area (Å²) in [5.41, 5.74) is 4.62. The molecule has 0 radical (unpaired) electrons. The van der Waals surface area contributed by atoms with Gasteiger partial charge in [0.05, 0.1) is 23.5 Å². The maximum absolute atomic E-state index is 13.0. The molecule has 124 valence electrons. The molecule has 3 rings (SSSR count). The first-order chi connectivity index (χ1) is 11.4. The topological polar surface area (TPSA) is 48.5 Å². The van der Waals surface area contributed by atoms with E-state index in [1.807, 2.05) is 57.1 Å². The zero-order valence-electron chi connectivity index (χ0n) is 14.3. The number of carbonyl (C=O) groups excluding carboxylic acids is 1. The van der Waals surface area contributed by atoms with Gasteiger partial charge >= 0.3 is 0 Å². The fourth-order valence-corrected chi connectivity index (χ4v) is 3.01. The molecule has 2 heterocycles. The number of carbonyl (C=O) groups is 1. The lowest BCUT2D eigenvalue weighted by atomic mass is 10.1. The van der Waals surface area contributed by atoms with Crippen molar-refractivity contribution in [2.24, 2.45) is 0 Å². The highest BCUT2D eigenvalue weighted by Crippen LogP contribution is 2.38. The van der Waals surface area contributed by atoms with E-state index >= 15 is 0 Å². The fourth-order valence-electron chi connectivity index (χ4n) is 2.74. The number of hydrogen-bond donors (Lipinski definition) is 1. The van der Waals surface area contributed by atoms with Crippen LogP contribution in [0, 0.1) is 13.8 Å². The van der Waals surface area contributed by atoms with Gasteiger partial charge in [-0.3, -0.25) is 9.69 Å². The lowest BCUT2D eigenvalue weighted by Crippen LogP contribution is -2.35. The van der Waals surface area contributed by atoms with E-state index in [2.05, 4.69) is 10.3 Å². The molecule has 0 fully saturated rings. The molecule has 0 unspecified atom stereocenters. The predicted molar refractivity (Wildman–Crippen MR) is 101 cm³/mol. The number of likely N-dealkylation sites (N-methyl/N-ethyl adjacent to an activating group) is 1. The first-order valence-electron chi connectivity index (χ1n) is 7.74. The molecule has 1 amide bonds. The van der Waals surface area contributed by atoms with Crippen LogP contribution in [0.25, 0.3) is 0 Å². The van der Waals surface area contributed by atoms with Crippen LogP contribution < -0.4 is 10.2 Å². The van der Waals surface area contributed by atoms with Crippen molar-refractivity contribution in [3.8, 4) is 0 Å². The van der Waals surface area contributed by atoms with Gasteiger partial charge in [-0.15, -0.1) is 0 Å². The summed E-state index contributed by atoms with van der Waals surface area (Å²) >= 11 is 5.53. The molecule has 0 bridgehead atoms. The minimum Gasteiger partial charge on any atom is -0.344 e. The second-order valence-electron chi connectivity index (χ2n) is 6.25. The number of fused-ring (bicyclic) bond motifs is 2. The van der Waals surface area contributed by atoms with Crippen molar-refractivity contribution in [1.29, 1.82) is 0 Å². The average Bonchev–Trinajstić information content (AvgIpc) is 2.62. The van der Waals surface area contributed by atoms with Crippen LogP contribution in [0.4, 0.5) is 17.2 Å². The van der Waals surface area contributed by atoms with Crippen LogP contribution in [0.15, 0.2) is 30.5 Å². The number of anilines is 3. The molecule has 1 N–H and O–H groups in total. The minimum absolute atomic E-state index is 0.0454. The Kier molecular flexibility index (Phi) is 4.34. The summed E-state index contributed by atoms with van der Waals surface area (Å²) in [6.07, 6.45) is 1.68. The van der Waals surface area contributed by atoms with Gasteiger partial charge in [-0.05, 0) is 63.3 Å². The average molecular weight is 340 g/mol. The number of hydrogen-bond acceptors (Lipinski definition) is 4. The number of rotatable bonds is 2. The van der Waals surface area contributed by atoms with Crippen molar-refractivity contribution in [3.05, 3.63) is 47.2 Å². The van der Waals surface area contributed by atoms with Gasteiger partial charge in [-0.25, -0.2) is 4.98 Å². The van der Waals surface area contributed by atoms with Crippen LogP contribution in [0.2, 0.25) is 0 Å². The maximum Gasteiger partial charge on any atom is 0.246 e. The molecule has 2 aromatic rings. The van der Waals surface area contributed by atoms with Gasteiger partial charge in [-0.1, -0.05) is 12.2 Å². The third kappa shape index (κ3) is 2.90. The maximum atomic E-state index is 13.0. The van der Waals surface area contributed by atoms with Gasteiger partial charge < -0.3 is 10.2 Å². The van der Waals surface area contributed by atoms with Gasteiger partial charge in [0.15, 0.2) is 0 Å². The Bertz CT molecular complexity index is 832. The summed E-state index contributed by atoms with van der Waals surface area (Å²) in [5, 5.41) is 3.27. The number of nitrogens with one attached hydrogen (secondary N) is 1. The second-order valence-corrected chi connectivity index (χ2v) is 6.66. The van der Waals surface area contributed by atoms with E-state index in [0.717, 1.165) is 28.1 Å². The smallest absolute Gasteiger partial charge is 0.246 e. The molecule has 24 heavy (non-hydrogen) atoms. The van der Waals surface area contributed by atoms with Crippen molar-refractivity contribution in [2.75, 3.05) is 30.9 Å². The van der Waals surface area contributed by atoms with Crippen molar-refractivity contribution in [1.82, 2.24) is 9.88 Å². The third-order valence-corrected chi connectivity index (χ3v) is 4.37. The monoisotopic (exact) mass is 340 g/mol. The zero-order valence-corrected chi connectivity index (χ0v) is 15.1. The molecule has 1 aliphatic rings. The van der Waals surface area contributed by atoms with Crippen molar-refractivity contribution < 1.29 is 4.79 Å². The molecular formula is C18H20N4OS. The quantitative estimate of drug-likeness (QED) is 0.852. The van der Waals surface area contributed by atoms with E-state index in [4.69, 9.17) is 12.2 Å². The van der Waals surface area contributed by atoms with Crippen LogP contribution in [0.1, 0.15) is 16.7 Å². The highest BCUT2D eigenvalue weighted by Gasteiger charge is 2.29. The van der Waals surface area contributed by atoms with Crippen LogP contribution in [0.5, 0.6) is 0 Å². The molecule has 0 atom stereocenters. The van der Waals surface area contributed by atoms with E-state index < -0.39 is 0 Å². The van der Waals surface area contributed by atoms with Crippen LogP contribution in [0.3, 0.4) is 0 Å². The third-order valence-electron chi connectivity index (χ3n) is 4.05. The second kappa shape index (κ2) is 6.30. The van der Waals surface area contributed by atoms with Crippen molar-refractivity contribution in [2.45, 2.75) is 13.8 Å². The van der Waals surface area contributed by atoms with Crippen LogP contribution in [-0.2, 0) is 4.79 Å². The highest BCUT2D eigenvalue weighted by atomic mass is 32.1. The van der Waals surface area contributed by atoms with Gasteiger partial charge in [0.1, 0.15) is 10.8 Å². The molecule has 1 aliphatic heterocycles. The number of thiocarbonyl (C=S) groups is 1. The molecule has 1 aromatic heterocycles. The predicted octanol–water partition coefficient (Wildman–Crippen LogP) is 3.03. The van der Waals surface area contributed by atoms with Crippen LogP contribution >= 0.6 is 12.2 Å². The van der Waals surface area contributed by atoms with Gasteiger partial charge in [0.2, 0.25) is 5.91 Å². The van der Waals surface area contributed by atoms with Gasteiger partial charge in [0, 0.05) is 6.20 Å². The lowest BCUT2D eigenvalue weighted by molar-refractivity contribution is -0.118.